The monoisotopic (exact) mass is 541 g/mol. The predicted molar refractivity (Wildman–Crippen MR) is 127 cm³/mol. The SMILES string of the molecule is CNc1nnc(SCC2=C(C(=O)[O-])N3C(=O)C(NC(=O)/C(=N\OC)c4csc(N)n4)C3SC2)s1. The number of fused-ring (bicyclic) bond motifs is 1. The third kappa shape index (κ3) is 4.68. The number of nitrogens with zero attached hydrogens (tertiary/aromatic N) is 5. The van der Waals surface area contributed by atoms with Crippen molar-refractivity contribution in [1.29, 1.82) is 0 Å². The summed E-state index contributed by atoms with van der Waals surface area (Å²) in [5.74, 6) is -2.06. The van der Waals surface area contributed by atoms with E-state index in [9.17, 15) is 19.5 Å². The van der Waals surface area contributed by atoms with Gasteiger partial charge in [-0.3, -0.25) is 14.5 Å². The Morgan fingerprint density at radius 3 is 2.85 bits per heavy atom. The quantitative estimate of drug-likeness (QED) is 0.155. The minimum Gasteiger partial charge on any atom is -0.543 e. The van der Waals surface area contributed by atoms with Crippen LogP contribution in [-0.2, 0) is 19.2 Å². The largest absolute Gasteiger partial charge is 0.543 e. The second-order valence-corrected chi connectivity index (χ2v) is 10.9. The molecule has 2 atom stereocenters. The van der Waals surface area contributed by atoms with Crippen molar-refractivity contribution >= 4 is 80.0 Å². The summed E-state index contributed by atoms with van der Waals surface area (Å²) in [6.45, 7) is 0. The van der Waals surface area contributed by atoms with Crippen LogP contribution >= 0.6 is 46.2 Å². The molecule has 0 aliphatic carbocycles. The van der Waals surface area contributed by atoms with Crippen molar-refractivity contribution in [3.8, 4) is 0 Å². The van der Waals surface area contributed by atoms with Gasteiger partial charge in [0.25, 0.3) is 11.8 Å². The van der Waals surface area contributed by atoms with Gasteiger partial charge >= 0.3 is 0 Å². The number of hydrogen-bond acceptors (Lipinski definition) is 15. The van der Waals surface area contributed by atoms with Gasteiger partial charge in [0.2, 0.25) is 5.13 Å². The van der Waals surface area contributed by atoms with E-state index in [0.29, 0.717) is 26.6 Å². The number of rotatable bonds is 9. The number of β-lactam (4-membered cyclic amide) rings is 1. The fourth-order valence-corrected chi connectivity index (χ4v) is 6.94. The van der Waals surface area contributed by atoms with Gasteiger partial charge in [0.15, 0.2) is 15.2 Å². The zero-order chi connectivity index (χ0) is 24.4. The lowest BCUT2D eigenvalue weighted by Crippen LogP contribution is -2.71. The summed E-state index contributed by atoms with van der Waals surface area (Å²) in [5.41, 5.74) is 6.04. The Hall–Kier alpha value is -2.89. The number of oxime groups is 1. The van der Waals surface area contributed by atoms with Crippen LogP contribution in [-0.4, -0.2) is 80.7 Å². The summed E-state index contributed by atoms with van der Waals surface area (Å²) in [5, 5.41) is 30.9. The number of nitrogen functional groups attached to an aromatic ring is 1. The van der Waals surface area contributed by atoms with Crippen molar-refractivity contribution in [2.75, 3.05) is 36.7 Å². The summed E-state index contributed by atoms with van der Waals surface area (Å²) in [7, 11) is 3.00. The van der Waals surface area contributed by atoms with Gasteiger partial charge in [0, 0.05) is 23.9 Å². The van der Waals surface area contributed by atoms with Gasteiger partial charge < -0.3 is 31.1 Å². The first-order valence-corrected chi connectivity index (χ1v) is 13.2. The van der Waals surface area contributed by atoms with E-state index in [2.05, 4.69) is 31.0 Å². The van der Waals surface area contributed by atoms with Gasteiger partial charge in [0.1, 0.15) is 24.2 Å². The minimum atomic E-state index is -1.45. The molecule has 2 aromatic rings. The number of nitrogens with one attached hydrogen (secondary N) is 2. The van der Waals surface area contributed by atoms with Gasteiger partial charge in [-0.1, -0.05) is 28.3 Å². The van der Waals surface area contributed by atoms with Crippen LogP contribution in [0.15, 0.2) is 26.1 Å². The Labute approximate surface area is 209 Å². The van der Waals surface area contributed by atoms with E-state index in [1.54, 1.807) is 7.05 Å². The van der Waals surface area contributed by atoms with Gasteiger partial charge in [0.05, 0.1) is 11.7 Å². The Morgan fingerprint density at radius 1 is 1.44 bits per heavy atom. The number of thiazole rings is 1. The molecule has 2 aromatic heterocycles. The van der Waals surface area contributed by atoms with E-state index in [0.717, 1.165) is 16.2 Å². The number of aromatic nitrogens is 3. The maximum atomic E-state index is 12.9. The van der Waals surface area contributed by atoms with Crippen LogP contribution in [0, 0.1) is 0 Å². The molecule has 34 heavy (non-hydrogen) atoms. The molecule has 0 aromatic carbocycles. The van der Waals surface area contributed by atoms with E-state index in [4.69, 9.17) is 10.6 Å². The molecule has 0 radical (unpaired) electrons. The van der Waals surface area contributed by atoms with E-state index in [-0.39, 0.29) is 22.2 Å². The number of carboxylic acid groups (broad SMARTS) is 1. The van der Waals surface area contributed by atoms with Crippen LogP contribution in [0.4, 0.5) is 10.3 Å². The zero-order valence-electron chi connectivity index (χ0n) is 17.6. The third-order valence-electron chi connectivity index (χ3n) is 4.68. The van der Waals surface area contributed by atoms with E-state index in [1.165, 1.54) is 47.4 Å². The lowest BCUT2D eigenvalue weighted by atomic mass is 10.0. The molecule has 0 spiro atoms. The van der Waals surface area contributed by atoms with Crippen LogP contribution in [0.2, 0.25) is 0 Å². The molecular formula is C17H17N8O5S4-. The molecule has 17 heteroatoms. The van der Waals surface area contributed by atoms with Crippen molar-refractivity contribution in [2.24, 2.45) is 5.16 Å². The molecular weight excluding hydrogens is 525 g/mol. The van der Waals surface area contributed by atoms with Crippen molar-refractivity contribution in [3.63, 3.8) is 0 Å². The molecule has 1 fully saturated rings. The first-order valence-electron chi connectivity index (χ1n) is 9.49. The highest BCUT2D eigenvalue weighted by atomic mass is 32.2. The van der Waals surface area contributed by atoms with Crippen molar-refractivity contribution < 1.29 is 24.3 Å². The number of hydrogen-bond donors (Lipinski definition) is 3. The Balaban J connectivity index is 1.48. The summed E-state index contributed by atoms with van der Waals surface area (Å²) in [6, 6.07) is -0.944. The first-order chi connectivity index (χ1) is 16.3. The molecule has 0 bridgehead atoms. The number of carboxylic acids is 1. The summed E-state index contributed by atoms with van der Waals surface area (Å²) in [6.07, 6.45) is 0. The van der Waals surface area contributed by atoms with Crippen LogP contribution in [0.5, 0.6) is 0 Å². The molecule has 180 valence electrons. The average Bonchev–Trinajstić information content (AvgIpc) is 3.47. The van der Waals surface area contributed by atoms with Crippen LogP contribution in [0.1, 0.15) is 5.69 Å². The second-order valence-electron chi connectivity index (χ2n) is 6.71. The third-order valence-corrected chi connectivity index (χ3v) is 8.85. The number of amides is 2. The van der Waals surface area contributed by atoms with Gasteiger partial charge in [-0.25, -0.2) is 4.98 Å². The van der Waals surface area contributed by atoms with Crippen LogP contribution in [0.25, 0.3) is 0 Å². The predicted octanol–water partition coefficient (Wildman–Crippen LogP) is -0.835. The Bertz CT molecular complexity index is 1190. The van der Waals surface area contributed by atoms with Gasteiger partial charge in [-0.05, 0) is 5.57 Å². The Morgan fingerprint density at radius 2 is 2.24 bits per heavy atom. The number of carbonyl (C=O) groups is 3. The summed E-state index contributed by atoms with van der Waals surface area (Å²) in [4.78, 5) is 47.5. The zero-order valence-corrected chi connectivity index (χ0v) is 20.9. The summed E-state index contributed by atoms with van der Waals surface area (Å²) >= 11 is 5.12. The van der Waals surface area contributed by atoms with Crippen LogP contribution in [0.3, 0.4) is 0 Å². The maximum absolute atomic E-state index is 12.9. The number of aliphatic carboxylic acids is 1. The first kappa shape index (κ1) is 24.2. The van der Waals surface area contributed by atoms with E-state index >= 15 is 0 Å². The molecule has 2 amide bonds. The topological polar surface area (TPSA) is 188 Å². The molecule has 4 heterocycles. The average molecular weight is 542 g/mol. The molecule has 13 nitrogen and oxygen atoms in total. The minimum absolute atomic E-state index is 0.145. The van der Waals surface area contributed by atoms with Gasteiger partial charge in [-0.2, -0.15) is 0 Å². The van der Waals surface area contributed by atoms with Crippen molar-refractivity contribution in [2.45, 2.75) is 15.8 Å². The maximum Gasteiger partial charge on any atom is 0.276 e. The molecule has 1 saturated heterocycles. The lowest BCUT2D eigenvalue weighted by molar-refractivity contribution is -0.301. The van der Waals surface area contributed by atoms with Crippen LogP contribution < -0.4 is 21.5 Å². The molecule has 2 aliphatic heterocycles. The highest BCUT2D eigenvalue weighted by molar-refractivity contribution is 8.01. The van der Waals surface area contributed by atoms with Crippen molar-refractivity contribution in [3.05, 3.63) is 22.3 Å². The number of thioether (sulfide) groups is 2. The van der Waals surface area contributed by atoms with Crippen molar-refractivity contribution in [1.82, 2.24) is 25.4 Å². The molecule has 2 unspecified atom stereocenters. The fourth-order valence-electron chi connectivity index (χ4n) is 3.20. The van der Waals surface area contributed by atoms with E-state index in [1.807, 2.05) is 0 Å². The van der Waals surface area contributed by atoms with Gasteiger partial charge in [-0.15, -0.1) is 33.3 Å². The number of anilines is 2. The number of carbonyl (C=O) groups excluding carboxylic acids is 3. The molecule has 0 saturated carbocycles. The lowest BCUT2D eigenvalue weighted by Gasteiger charge is -2.50. The number of nitrogens with two attached hydrogens (primary N) is 1. The normalized spacial score (nSPS) is 20.0. The standard InChI is InChI=1S/C17H18N8O5S4/c1-19-16-22-23-17(34-16)33-4-6-3-31-13-9(12(27)25(13)10(6)14(28)29)21-11(26)8(24-30-2)7-5-32-15(18)20-7/h5,9,13H,3-4H2,1-2H3,(H2,18,20)(H,19,22)(H,21,26)(H,28,29)/p-1/b24-8-. The molecule has 4 N–H and O–H groups in total. The molecule has 2 aliphatic rings. The second kappa shape index (κ2) is 10.2. The smallest absolute Gasteiger partial charge is 0.276 e. The highest BCUT2D eigenvalue weighted by Crippen LogP contribution is 2.41. The molecule has 4 rings (SSSR count). The fraction of sp³-hybridized carbons (Fsp3) is 0.353. The highest BCUT2D eigenvalue weighted by Gasteiger charge is 2.53. The summed E-state index contributed by atoms with van der Waals surface area (Å²) < 4.78 is 0.661. The van der Waals surface area contributed by atoms with E-state index < -0.39 is 29.2 Å². The Kier molecular flexibility index (Phi) is 7.24.